The van der Waals surface area contributed by atoms with Gasteiger partial charge in [-0.1, -0.05) is 35.9 Å². The lowest BCUT2D eigenvalue weighted by atomic mass is 9.99. The Balaban J connectivity index is 1.75. The number of carbonyl (C=O) groups is 3. The molecule has 1 heterocycles. The van der Waals surface area contributed by atoms with E-state index in [1.54, 1.807) is 64.2 Å². The van der Waals surface area contributed by atoms with Crippen molar-refractivity contribution in [1.29, 1.82) is 0 Å². The van der Waals surface area contributed by atoms with Gasteiger partial charge in [0.2, 0.25) is 0 Å². The summed E-state index contributed by atoms with van der Waals surface area (Å²) in [5.41, 5.74) is 1.29. The zero-order valence-electron chi connectivity index (χ0n) is 18.9. The fourth-order valence-corrected chi connectivity index (χ4v) is 3.49. The van der Waals surface area contributed by atoms with E-state index in [-0.39, 0.29) is 22.8 Å². The average molecular weight is 468 g/mol. The maximum atomic E-state index is 13.1. The number of anilines is 1. The number of halogens is 1. The molecule has 0 saturated carbocycles. The normalized spacial score (nSPS) is 12.2. The molecule has 1 unspecified atom stereocenters. The predicted molar refractivity (Wildman–Crippen MR) is 129 cm³/mol. The van der Waals surface area contributed by atoms with E-state index in [4.69, 9.17) is 16.3 Å². The van der Waals surface area contributed by atoms with Crippen molar-refractivity contribution in [3.8, 4) is 0 Å². The van der Waals surface area contributed by atoms with Gasteiger partial charge in [0, 0.05) is 23.7 Å². The van der Waals surface area contributed by atoms with Crippen LogP contribution in [0.3, 0.4) is 0 Å². The highest BCUT2D eigenvalue weighted by atomic mass is 35.5. The third-order valence-corrected chi connectivity index (χ3v) is 5.09. The third kappa shape index (κ3) is 6.52. The van der Waals surface area contributed by atoms with Gasteiger partial charge in [-0.3, -0.25) is 14.6 Å². The topological polar surface area (TPSA) is 97.4 Å². The number of hydrogen-bond acceptors (Lipinski definition) is 5. The number of alkyl carbamates (subject to hydrolysis) is 1. The van der Waals surface area contributed by atoms with E-state index in [2.05, 4.69) is 15.6 Å². The SMILES string of the molecule is CC(NC(=O)OC(C)(C)C)C(=O)Cc1cccc(Cl)c1C(=O)Nc1ccc2cccnc2c1. The number of fused-ring (bicyclic) bond motifs is 1. The van der Waals surface area contributed by atoms with Crippen molar-refractivity contribution < 1.29 is 19.1 Å². The van der Waals surface area contributed by atoms with E-state index in [9.17, 15) is 14.4 Å². The van der Waals surface area contributed by atoms with Gasteiger partial charge in [0.25, 0.3) is 5.91 Å². The van der Waals surface area contributed by atoms with Crippen molar-refractivity contribution in [2.45, 2.75) is 45.8 Å². The standard InChI is InChI=1S/C25H26ClN3O4/c1-15(28-24(32)33-25(2,3)4)21(30)13-17-7-5-9-19(26)22(17)23(31)29-18-11-10-16-8-6-12-27-20(16)14-18/h5-12,14-15H,13H2,1-4H3,(H,28,32)(H,29,31). The van der Waals surface area contributed by atoms with E-state index in [1.165, 1.54) is 0 Å². The molecule has 0 bridgehead atoms. The van der Waals surface area contributed by atoms with Crippen LogP contribution < -0.4 is 10.6 Å². The van der Waals surface area contributed by atoms with Crippen molar-refractivity contribution >= 4 is 46.0 Å². The first-order chi connectivity index (χ1) is 15.5. The van der Waals surface area contributed by atoms with E-state index in [1.807, 2.05) is 18.2 Å². The Morgan fingerprint density at radius 3 is 2.58 bits per heavy atom. The van der Waals surface area contributed by atoms with E-state index in [0.29, 0.717) is 11.3 Å². The molecular formula is C25H26ClN3O4. The molecule has 172 valence electrons. The fourth-order valence-electron chi connectivity index (χ4n) is 3.21. The van der Waals surface area contributed by atoms with Gasteiger partial charge in [0.05, 0.1) is 22.1 Å². The highest BCUT2D eigenvalue weighted by Gasteiger charge is 2.23. The van der Waals surface area contributed by atoms with Crippen LogP contribution in [0.5, 0.6) is 0 Å². The summed E-state index contributed by atoms with van der Waals surface area (Å²) in [5, 5.41) is 6.53. The summed E-state index contributed by atoms with van der Waals surface area (Å²) in [6.45, 7) is 6.78. The molecule has 33 heavy (non-hydrogen) atoms. The summed E-state index contributed by atoms with van der Waals surface area (Å²) < 4.78 is 5.19. The molecule has 1 aromatic heterocycles. The van der Waals surface area contributed by atoms with Gasteiger partial charge in [-0.05, 0) is 57.5 Å². The van der Waals surface area contributed by atoms with Crippen molar-refractivity contribution in [2.24, 2.45) is 0 Å². The van der Waals surface area contributed by atoms with Gasteiger partial charge in [0.1, 0.15) is 5.60 Å². The smallest absolute Gasteiger partial charge is 0.408 e. The molecular weight excluding hydrogens is 442 g/mol. The Kier molecular flexibility index (Phi) is 7.33. The molecule has 0 aliphatic rings. The summed E-state index contributed by atoms with van der Waals surface area (Å²) in [4.78, 5) is 42.1. The van der Waals surface area contributed by atoms with Crippen molar-refractivity contribution in [3.05, 3.63) is 70.9 Å². The Morgan fingerprint density at radius 1 is 1.09 bits per heavy atom. The number of nitrogens with zero attached hydrogens (tertiary/aromatic N) is 1. The monoisotopic (exact) mass is 467 g/mol. The molecule has 3 aromatic rings. The first kappa shape index (κ1) is 24.2. The lowest BCUT2D eigenvalue weighted by molar-refractivity contribution is -0.120. The van der Waals surface area contributed by atoms with E-state index < -0.39 is 23.6 Å². The van der Waals surface area contributed by atoms with Gasteiger partial charge in [-0.2, -0.15) is 0 Å². The second-order valence-corrected chi connectivity index (χ2v) is 9.06. The third-order valence-electron chi connectivity index (χ3n) is 4.77. The fraction of sp³-hybridized carbons (Fsp3) is 0.280. The van der Waals surface area contributed by atoms with Gasteiger partial charge in [-0.15, -0.1) is 0 Å². The molecule has 0 fully saturated rings. The summed E-state index contributed by atoms with van der Waals surface area (Å²) in [6, 6.07) is 13.3. The highest BCUT2D eigenvalue weighted by molar-refractivity contribution is 6.34. The van der Waals surface area contributed by atoms with Gasteiger partial charge in [0.15, 0.2) is 5.78 Å². The Bertz CT molecular complexity index is 1200. The maximum absolute atomic E-state index is 13.1. The van der Waals surface area contributed by atoms with Crippen molar-refractivity contribution in [2.75, 3.05) is 5.32 Å². The average Bonchev–Trinajstić information content (AvgIpc) is 2.72. The number of aromatic nitrogens is 1. The quantitative estimate of drug-likeness (QED) is 0.521. The van der Waals surface area contributed by atoms with Crippen LogP contribution in [0, 0.1) is 0 Å². The van der Waals surface area contributed by atoms with Crippen LogP contribution in [0.25, 0.3) is 10.9 Å². The molecule has 3 rings (SSSR count). The zero-order valence-corrected chi connectivity index (χ0v) is 19.7. The Morgan fingerprint density at radius 2 is 1.85 bits per heavy atom. The number of benzene rings is 2. The van der Waals surface area contributed by atoms with Gasteiger partial charge in [-0.25, -0.2) is 4.79 Å². The minimum atomic E-state index is -0.804. The molecule has 8 heteroatoms. The summed E-state index contributed by atoms with van der Waals surface area (Å²) in [5.74, 6) is -0.724. The van der Waals surface area contributed by atoms with Crippen LogP contribution >= 0.6 is 11.6 Å². The molecule has 2 N–H and O–H groups in total. The molecule has 7 nitrogen and oxygen atoms in total. The van der Waals surface area contributed by atoms with Crippen molar-refractivity contribution in [1.82, 2.24) is 10.3 Å². The zero-order chi connectivity index (χ0) is 24.2. The molecule has 0 aliphatic carbocycles. The second-order valence-electron chi connectivity index (χ2n) is 8.65. The number of ketones is 1. The first-order valence-electron chi connectivity index (χ1n) is 10.5. The summed E-state index contributed by atoms with van der Waals surface area (Å²) >= 11 is 6.33. The predicted octanol–water partition coefficient (Wildman–Crippen LogP) is 5.17. The van der Waals surface area contributed by atoms with Crippen LogP contribution in [-0.4, -0.2) is 34.4 Å². The number of carbonyl (C=O) groups excluding carboxylic acids is 3. The Hall–Kier alpha value is -3.45. The molecule has 0 radical (unpaired) electrons. The highest BCUT2D eigenvalue weighted by Crippen LogP contribution is 2.24. The molecule has 0 spiro atoms. The van der Waals surface area contributed by atoms with Crippen LogP contribution in [0.15, 0.2) is 54.7 Å². The summed E-state index contributed by atoms with van der Waals surface area (Å²) in [7, 11) is 0. The number of nitrogens with one attached hydrogen (secondary N) is 2. The molecule has 1 atom stereocenters. The van der Waals surface area contributed by atoms with Gasteiger partial charge < -0.3 is 15.4 Å². The van der Waals surface area contributed by atoms with E-state index >= 15 is 0 Å². The van der Waals surface area contributed by atoms with Crippen LogP contribution in [0.4, 0.5) is 10.5 Å². The largest absolute Gasteiger partial charge is 0.444 e. The van der Waals surface area contributed by atoms with E-state index in [0.717, 1.165) is 10.9 Å². The second kappa shape index (κ2) is 10.0. The minimum Gasteiger partial charge on any atom is -0.444 e. The van der Waals surface area contributed by atoms with Gasteiger partial charge >= 0.3 is 6.09 Å². The van der Waals surface area contributed by atoms with Crippen LogP contribution in [0.1, 0.15) is 43.6 Å². The first-order valence-corrected chi connectivity index (χ1v) is 10.9. The number of rotatable bonds is 6. The molecule has 2 aromatic carbocycles. The van der Waals surface area contributed by atoms with Crippen LogP contribution in [-0.2, 0) is 16.0 Å². The number of amides is 2. The number of Topliss-reactive ketones (excluding diaryl/α,β-unsaturated/α-hetero) is 1. The van der Waals surface area contributed by atoms with Crippen LogP contribution in [0.2, 0.25) is 5.02 Å². The molecule has 2 amide bonds. The number of hydrogen-bond donors (Lipinski definition) is 2. The lowest BCUT2D eigenvalue weighted by Crippen LogP contribution is -2.42. The Labute approximate surface area is 197 Å². The maximum Gasteiger partial charge on any atom is 0.408 e. The minimum absolute atomic E-state index is 0.0838. The number of pyridine rings is 1. The molecule has 0 aliphatic heterocycles. The molecule has 0 saturated heterocycles. The van der Waals surface area contributed by atoms with Crippen molar-refractivity contribution in [3.63, 3.8) is 0 Å². The number of ether oxygens (including phenoxy) is 1. The summed E-state index contributed by atoms with van der Waals surface area (Å²) in [6.07, 6.45) is 0.912. The lowest BCUT2D eigenvalue weighted by Gasteiger charge is -2.21.